The summed E-state index contributed by atoms with van der Waals surface area (Å²) in [4.78, 5) is 32.2. The highest BCUT2D eigenvalue weighted by Gasteiger charge is 2.45. The van der Waals surface area contributed by atoms with E-state index in [1.807, 2.05) is 24.3 Å². The number of hydrogen-bond donors (Lipinski definition) is 0. The molecule has 0 N–H and O–H groups in total. The molecule has 4 rings (SSSR count). The molecule has 1 aromatic rings. The van der Waals surface area contributed by atoms with Crippen LogP contribution >= 0.6 is 27.7 Å². The third-order valence-electron chi connectivity index (χ3n) is 4.87. The number of ketones is 1. The van der Waals surface area contributed by atoms with E-state index in [1.54, 1.807) is 16.7 Å². The van der Waals surface area contributed by atoms with Gasteiger partial charge in [0.25, 0.3) is 0 Å². The zero-order chi connectivity index (χ0) is 17.8. The number of nitrogens with zero attached hydrogens (tertiary/aromatic N) is 2. The lowest BCUT2D eigenvalue weighted by Gasteiger charge is -2.43. The second kappa shape index (κ2) is 6.09. The third-order valence-corrected chi connectivity index (χ3v) is 6.35. The fourth-order valence-electron chi connectivity index (χ4n) is 3.78. The number of aliphatic imine (C=N–C) groups is 1. The van der Waals surface area contributed by atoms with Gasteiger partial charge in [-0.1, -0.05) is 53.7 Å². The minimum absolute atomic E-state index is 0.0506. The summed E-state index contributed by atoms with van der Waals surface area (Å²) in [5.41, 5.74) is 2.45. The number of fused-ring (bicyclic) bond motifs is 1. The molecule has 3 aliphatic rings. The molecule has 1 aromatic carbocycles. The maximum Gasteiger partial charge on any atom is 0.230 e. The number of halogens is 1. The van der Waals surface area contributed by atoms with Crippen LogP contribution in [0.2, 0.25) is 0 Å². The summed E-state index contributed by atoms with van der Waals surface area (Å²) in [7, 11) is 0. The zero-order valence-electron chi connectivity index (χ0n) is 14.2. The second-order valence-corrected chi connectivity index (χ2v) is 9.49. The minimum Gasteiger partial charge on any atom is -0.294 e. The largest absolute Gasteiger partial charge is 0.294 e. The molecule has 1 unspecified atom stereocenters. The number of thioether (sulfide) groups is 1. The normalized spacial score (nSPS) is 25.5. The van der Waals surface area contributed by atoms with Crippen molar-refractivity contribution < 1.29 is 9.59 Å². The molecular formula is C19H19BrN2O2S. The van der Waals surface area contributed by atoms with E-state index in [9.17, 15) is 9.59 Å². The van der Waals surface area contributed by atoms with Crippen LogP contribution in [0.15, 0.2) is 45.0 Å². The molecule has 2 heterocycles. The van der Waals surface area contributed by atoms with Gasteiger partial charge in [0.15, 0.2) is 11.0 Å². The number of Topliss-reactive ketones (excluding diaryl/α,β-unsaturated/α-hetero) is 1. The molecule has 25 heavy (non-hydrogen) atoms. The van der Waals surface area contributed by atoms with Crippen molar-refractivity contribution in [3.05, 3.63) is 45.6 Å². The quantitative estimate of drug-likeness (QED) is 0.675. The first-order valence-corrected chi connectivity index (χ1v) is 10.2. The monoisotopic (exact) mass is 418 g/mol. The number of allylic oxidation sites excluding steroid dienone is 1. The average Bonchev–Trinajstić information content (AvgIpc) is 2.53. The molecule has 130 valence electrons. The fraction of sp³-hybridized carbons (Fsp3) is 0.421. The summed E-state index contributed by atoms with van der Waals surface area (Å²) in [6, 6.07) is 7.54. The lowest BCUT2D eigenvalue weighted by atomic mass is 9.73. The number of hydrogen-bond acceptors (Lipinski definition) is 4. The van der Waals surface area contributed by atoms with Crippen molar-refractivity contribution in [1.29, 1.82) is 0 Å². The summed E-state index contributed by atoms with van der Waals surface area (Å²) >= 11 is 5.07. The highest BCUT2D eigenvalue weighted by Crippen LogP contribution is 2.47. The van der Waals surface area contributed by atoms with Crippen LogP contribution in [0.1, 0.15) is 44.7 Å². The summed E-state index contributed by atoms with van der Waals surface area (Å²) in [5, 5.41) is 0.744. The van der Waals surface area contributed by atoms with Crippen molar-refractivity contribution in [3.8, 4) is 0 Å². The number of amides is 1. The van der Waals surface area contributed by atoms with E-state index in [0.717, 1.165) is 33.1 Å². The second-order valence-electron chi connectivity index (χ2n) is 7.51. The first-order chi connectivity index (χ1) is 11.9. The van der Waals surface area contributed by atoms with E-state index >= 15 is 0 Å². The van der Waals surface area contributed by atoms with Crippen molar-refractivity contribution in [1.82, 2.24) is 4.90 Å². The van der Waals surface area contributed by atoms with Gasteiger partial charge in [0.05, 0.1) is 11.7 Å². The Bertz CT molecular complexity index is 826. The van der Waals surface area contributed by atoms with Crippen LogP contribution in [0, 0.1) is 5.41 Å². The SMILES string of the molecule is CC1(C)CC(=O)C2=C(C1)N=C1SCCC(=O)N1C2c1ccc(Br)cc1. The number of amidine groups is 1. The van der Waals surface area contributed by atoms with Gasteiger partial charge in [-0.25, -0.2) is 4.99 Å². The molecule has 1 saturated heterocycles. The summed E-state index contributed by atoms with van der Waals surface area (Å²) < 4.78 is 0.977. The molecule has 2 aliphatic heterocycles. The summed E-state index contributed by atoms with van der Waals surface area (Å²) in [5.74, 6) is 0.918. The van der Waals surface area contributed by atoms with Crippen LogP contribution in [0.3, 0.4) is 0 Å². The molecule has 0 bridgehead atoms. The maximum atomic E-state index is 13.0. The van der Waals surface area contributed by atoms with Crippen LogP contribution in [-0.2, 0) is 9.59 Å². The van der Waals surface area contributed by atoms with Gasteiger partial charge in [0.1, 0.15) is 0 Å². The van der Waals surface area contributed by atoms with Crippen LogP contribution in [0.4, 0.5) is 0 Å². The molecule has 0 aromatic heterocycles. The predicted molar refractivity (Wildman–Crippen MR) is 103 cm³/mol. The van der Waals surface area contributed by atoms with Crippen molar-refractivity contribution in [2.24, 2.45) is 10.4 Å². The van der Waals surface area contributed by atoms with E-state index in [0.29, 0.717) is 18.4 Å². The summed E-state index contributed by atoms with van der Waals surface area (Å²) in [6.07, 6.45) is 1.76. The predicted octanol–water partition coefficient (Wildman–Crippen LogP) is 4.47. The molecular weight excluding hydrogens is 400 g/mol. The van der Waals surface area contributed by atoms with Gasteiger partial charge < -0.3 is 0 Å². The Morgan fingerprint density at radius 2 is 1.92 bits per heavy atom. The fourth-order valence-corrected chi connectivity index (χ4v) is 5.03. The molecule has 4 nitrogen and oxygen atoms in total. The van der Waals surface area contributed by atoms with Gasteiger partial charge in [-0.15, -0.1) is 0 Å². The van der Waals surface area contributed by atoms with Gasteiger partial charge in [-0.05, 0) is 29.5 Å². The third kappa shape index (κ3) is 2.99. The van der Waals surface area contributed by atoms with E-state index in [4.69, 9.17) is 4.99 Å². The van der Waals surface area contributed by atoms with Crippen molar-refractivity contribution >= 4 is 44.5 Å². The van der Waals surface area contributed by atoms with Gasteiger partial charge >= 0.3 is 0 Å². The highest BCUT2D eigenvalue weighted by atomic mass is 79.9. The average molecular weight is 419 g/mol. The first kappa shape index (κ1) is 17.0. The van der Waals surface area contributed by atoms with Crippen LogP contribution < -0.4 is 0 Å². The highest BCUT2D eigenvalue weighted by molar-refractivity contribution is 9.10. The Morgan fingerprint density at radius 3 is 2.64 bits per heavy atom. The van der Waals surface area contributed by atoms with Crippen LogP contribution in [0.25, 0.3) is 0 Å². The van der Waals surface area contributed by atoms with Crippen LogP contribution in [-0.4, -0.2) is 27.5 Å². The lowest BCUT2D eigenvalue weighted by molar-refractivity contribution is -0.128. The van der Waals surface area contributed by atoms with Gasteiger partial charge in [0.2, 0.25) is 5.91 Å². The molecule has 1 fully saturated rings. The summed E-state index contributed by atoms with van der Waals surface area (Å²) in [6.45, 7) is 4.21. The molecule has 0 spiro atoms. The lowest BCUT2D eigenvalue weighted by Crippen LogP contribution is -2.47. The Labute approximate surface area is 159 Å². The van der Waals surface area contributed by atoms with Gasteiger partial charge in [-0.3, -0.25) is 14.5 Å². The standard InChI is InChI=1S/C19H19BrN2O2S/c1-19(2)9-13-16(14(23)10-19)17(11-3-5-12(20)6-4-11)22-15(24)7-8-25-18(22)21-13/h3-6,17H,7-10H2,1-2H3. The Balaban J connectivity index is 1.89. The van der Waals surface area contributed by atoms with Crippen molar-refractivity contribution in [2.75, 3.05) is 5.75 Å². The minimum atomic E-state index is -0.348. The Morgan fingerprint density at radius 1 is 1.20 bits per heavy atom. The van der Waals surface area contributed by atoms with E-state index < -0.39 is 0 Å². The van der Waals surface area contributed by atoms with Crippen molar-refractivity contribution in [3.63, 3.8) is 0 Å². The van der Waals surface area contributed by atoms with Crippen LogP contribution in [0.5, 0.6) is 0 Å². The molecule has 1 aliphatic carbocycles. The number of carbonyl (C=O) groups excluding carboxylic acids is 2. The molecule has 1 amide bonds. The van der Waals surface area contributed by atoms with Gasteiger partial charge in [0, 0.05) is 28.6 Å². The number of carbonyl (C=O) groups is 2. The maximum absolute atomic E-state index is 13.0. The van der Waals surface area contributed by atoms with Crippen molar-refractivity contribution in [2.45, 2.75) is 39.2 Å². The molecule has 6 heteroatoms. The van der Waals surface area contributed by atoms with E-state index in [1.165, 1.54) is 0 Å². The first-order valence-electron chi connectivity index (χ1n) is 8.41. The zero-order valence-corrected chi connectivity index (χ0v) is 16.6. The number of rotatable bonds is 1. The van der Waals surface area contributed by atoms with E-state index in [2.05, 4.69) is 29.8 Å². The molecule has 0 radical (unpaired) electrons. The smallest absolute Gasteiger partial charge is 0.230 e. The Kier molecular flexibility index (Phi) is 4.15. The molecule has 0 saturated carbocycles. The van der Waals surface area contributed by atoms with Gasteiger partial charge in [-0.2, -0.15) is 0 Å². The molecule has 1 atom stereocenters. The van der Waals surface area contributed by atoms with E-state index in [-0.39, 0.29) is 23.1 Å². The number of benzene rings is 1. The Hall–Kier alpha value is -1.40. The topological polar surface area (TPSA) is 49.7 Å².